The fourth-order valence-corrected chi connectivity index (χ4v) is 5.38. The Hall–Kier alpha value is -3.91. The maximum atomic E-state index is 13.3. The molecule has 0 amide bonds. The van der Waals surface area contributed by atoms with Crippen LogP contribution in [0.3, 0.4) is 0 Å². The molecule has 5 rings (SSSR count). The molecule has 5 nitrogen and oxygen atoms in total. The first-order valence-corrected chi connectivity index (χ1v) is 12.7. The number of aromatic nitrogens is 3. The van der Waals surface area contributed by atoms with E-state index in [1.807, 2.05) is 55.7 Å². The Balaban J connectivity index is 1.40. The molecule has 0 radical (unpaired) electrons. The van der Waals surface area contributed by atoms with Crippen molar-refractivity contribution >= 4 is 28.6 Å². The van der Waals surface area contributed by atoms with Gasteiger partial charge in [-0.3, -0.25) is 9.36 Å². The van der Waals surface area contributed by atoms with Gasteiger partial charge in [-0.05, 0) is 75.4 Å². The fraction of sp³-hybridized carbons (Fsp3) is 0.172. The number of imidazole rings is 1. The molecule has 3 aromatic carbocycles. The van der Waals surface area contributed by atoms with Crippen LogP contribution in [0.1, 0.15) is 27.3 Å². The summed E-state index contributed by atoms with van der Waals surface area (Å²) >= 11 is 1.41. The minimum Gasteiger partial charge on any atom is -0.435 e. The van der Waals surface area contributed by atoms with E-state index >= 15 is 0 Å². The van der Waals surface area contributed by atoms with Crippen LogP contribution in [-0.4, -0.2) is 32.3 Å². The second-order valence-electron chi connectivity index (χ2n) is 8.76. The first kappa shape index (κ1) is 24.8. The third-order valence-electron chi connectivity index (χ3n) is 6.21. The van der Waals surface area contributed by atoms with Crippen LogP contribution in [0.25, 0.3) is 22.4 Å². The van der Waals surface area contributed by atoms with Gasteiger partial charge < -0.3 is 9.30 Å². The number of benzene rings is 3. The number of carbonyl (C=O) groups is 1. The molecule has 0 aliphatic heterocycles. The van der Waals surface area contributed by atoms with Gasteiger partial charge in [-0.2, -0.15) is 8.78 Å². The van der Waals surface area contributed by atoms with E-state index in [-0.39, 0.29) is 17.3 Å². The summed E-state index contributed by atoms with van der Waals surface area (Å²) in [4.78, 5) is 18.1. The van der Waals surface area contributed by atoms with Gasteiger partial charge in [0.15, 0.2) is 10.9 Å². The zero-order valence-electron chi connectivity index (χ0n) is 20.6. The summed E-state index contributed by atoms with van der Waals surface area (Å²) in [5.74, 6) is 0.301. The second-order valence-corrected chi connectivity index (χ2v) is 9.70. The van der Waals surface area contributed by atoms with E-state index in [1.165, 1.54) is 29.5 Å². The second kappa shape index (κ2) is 10.2. The summed E-state index contributed by atoms with van der Waals surface area (Å²) in [6, 6.07) is 24.4. The highest BCUT2D eigenvalue weighted by Gasteiger charge is 2.19. The zero-order valence-corrected chi connectivity index (χ0v) is 21.4. The minimum absolute atomic E-state index is 0.00971. The lowest BCUT2D eigenvalue weighted by Crippen LogP contribution is -2.07. The monoisotopic (exact) mass is 517 g/mol. The van der Waals surface area contributed by atoms with E-state index in [2.05, 4.69) is 33.6 Å². The molecule has 37 heavy (non-hydrogen) atoms. The van der Waals surface area contributed by atoms with E-state index in [9.17, 15) is 13.6 Å². The van der Waals surface area contributed by atoms with Crippen molar-refractivity contribution in [3.8, 4) is 17.1 Å². The molecule has 0 N–H and O–H groups in total. The topological polar surface area (TPSA) is 49.0 Å². The zero-order chi connectivity index (χ0) is 26.1. The maximum absolute atomic E-state index is 13.3. The highest BCUT2D eigenvalue weighted by Crippen LogP contribution is 2.30. The van der Waals surface area contributed by atoms with Gasteiger partial charge in [-0.25, -0.2) is 4.98 Å². The van der Waals surface area contributed by atoms with Crippen LogP contribution < -0.4 is 4.74 Å². The van der Waals surface area contributed by atoms with E-state index in [0.717, 1.165) is 39.0 Å². The highest BCUT2D eigenvalue weighted by molar-refractivity contribution is 7.99. The molecular weight excluding hydrogens is 492 g/mol. The van der Waals surface area contributed by atoms with Gasteiger partial charge in [-0.15, -0.1) is 0 Å². The van der Waals surface area contributed by atoms with Crippen molar-refractivity contribution in [1.29, 1.82) is 0 Å². The number of para-hydroxylation sites is 2. The Morgan fingerprint density at radius 3 is 2.27 bits per heavy atom. The Morgan fingerprint density at radius 2 is 1.57 bits per heavy atom. The van der Waals surface area contributed by atoms with Gasteiger partial charge >= 0.3 is 6.61 Å². The lowest BCUT2D eigenvalue weighted by molar-refractivity contribution is -0.0498. The minimum atomic E-state index is -2.87. The van der Waals surface area contributed by atoms with Crippen LogP contribution in [0, 0.1) is 20.8 Å². The number of halogens is 2. The molecule has 2 heterocycles. The molecule has 0 unspecified atom stereocenters. The third-order valence-corrected chi connectivity index (χ3v) is 7.14. The van der Waals surface area contributed by atoms with Crippen LogP contribution in [0.5, 0.6) is 5.75 Å². The van der Waals surface area contributed by atoms with Crippen LogP contribution >= 0.6 is 11.8 Å². The number of rotatable bonds is 8. The van der Waals surface area contributed by atoms with E-state index in [0.29, 0.717) is 5.56 Å². The number of Topliss-reactive ketones (excluding diaryl/α,β-unsaturated/α-hetero) is 1. The number of nitrogens with zero attached hydrogens (tertiary/aromatic N) is 3. The number of thioether (sulfide) groups is 1. The van der Waals surface area contributed by atoms with Gasteiger partial charge in [0.1, 0.15) is 5.75 Å². The van der Waals surface area contributed by atoms with E-state index in [1.54, 1.807) is 12.1 Å². The molecule has 0 fully saturated rings. The molecular formula is C29H25F2N3O2S. The summed E-state index contributed by atoms with van der Waals surface area (Å²) in [6.07, 6.45) is 0. The van der Waals surface area contributed by atoms with Gasteiger partial charge in [0.2, 0.25) is 0 Å². The predicted octanol–water partition coefficient (Wildman–Crippen LogP) is 7.32. The molecule has 2 aromatic heterocycles. The summed E-state index contributed by atoms with van der Waals surface area (Å²) in [7, 11) is 0. The van der Waals surface area contributed by atoms with Gasteiger partial charge in [0.05, 0.1) is 16.8 Å². The van der Waals surface area contributed by atoms with Gasteiger partial charge in [-0.1, -0.05) is 41.6 Å². The number of hydrogen-bond donors (Lipinski definition) is 0. The SMILES string of the molecule is Cc1ccc(-n2c(SCC(=O)c3cc(C)n(-c4ccc(OC(F)F)cc4)c3C)nc3ccccc32)cc1. The Bertz CT molecular complexity index is 1570. The number of ketones is 1. The number of hydrogen-bond acceptors (Lipinski definition) is 4. The number of alkyl halides is 2. The standard InChI is InChI=1S/C29H25F2N3O2S/c1-18-8-10-22(11-9-18)34-26-7-5-4-6-25(26)32-29(34)37-17-27(35)24-16-19(2)33(20(24)3)21-12-14-23(15-13-21)36-28(30)31/h4-16,28H,17H2,1-3H3. The average Bonchev–Trinajstić information content (AvgIpc) is 3.40. The van der Waals surface area contributed by atoms with E-state index in [4.69, 9.17) is 4.98 Å². The normalized spacial score (nSPS) is 11.4. The molecule has 0 saturated carbocycles. The molecule has 0 aliphatic rings. The lowest BCUT2D eigenvalue weighted by atomic mass is 10.2. The van der Waals surface area contributed by atoms with Crippen LogP contribution in [0.2, 0.25) is 0 Å². The molecule has 5 aromatic rings. The average molecular weight is 518 g/mol. The Kier molecular flexibility index (Phi) is 6.84. The van der Waals surface area contributed by atoms with Crippen molar-refractivity contribution in [1.82, 2.24) is 14.1 Å². The number of fused-ring (bicyclic) bond motifs is 1. The molecule has 0 aliphatic carbocycles. The molecule has 0 bridgehead atoms. The van der Waals surface area contributed by atoms with Crippen molar-refractivity contribution in [2.75, 3.05) is 5.75 Å². The van der Waals surface area contributed by atoms with Crippen LogP contribution in [-0.2, 0) is 0 Å². The lowest BCUT2D eigenvalue weighted by Gasteiger charge is -2.11. The molecule has 0 saturated heterocycles. The maximum Gasteiger partial charge on any atom is 0.387 e. The summed E-state index contributed by atoms with van der Waals surface area (Å²) in [5.41, 5.74) is 7.07. The molecule has 8 heteroatoms. The van der Waals surface area contributed by atoms with Gasteiger partial charge in [0.25, 0.3) is 0 Å². The molecule has 0 spiro atoms. The quantitative estimate of drug-likeness (QED) is 0.160. The fourth-order valence-electron chi connectivity index (χ4n) is 4.47. The van der Waals surface area contributed by atoms with Crippen molar-refractivity contribution in [2.24, 2.45) is 0 Å². The van der Waals surface area contributed by atoms with Crippen molar-refractivity contribution in [2.45, 2.75) is 32.5 Å². The van der Waals surface area contributed by atoms with Crippen LogP contribution in [0.4, 0.5) is 8.78 Å². The molecule has 0 atom stereocenters. The highest BCUT2D eigenvalue weighted by atomic mass is 32.2. The number of aryl methyl sites for hydroxylation is 2. The largest absolute Gasteiger partial charge is 0.435 e. The predicted molar refractivity (Wildman–Crippen MR) is 143 cm³/mol. The third kappa shape index (κ3) is 5.02. The summed E-state index contributed by atoms with van der Waals surface area (Å²) in [5, 5.41) is 0.752. The summed E-state index contributed by atoms with van der Waals surface area (Å²) < 4.78 is 33.4. The number of carbonyl (C=O) groups excluding carboxylic acids is 1. The van der Waals surface area contributed by atoms with Crippen LogP contribution in [0.15, 0.2) is 84.0 Å². The number of ether oxygens (including phenoxy) is 1. The molecule has 188 valence electrons. The Morgan fingerprint density at radius 1 is 0.919 bits per heavy atom. The van der Waals surface area contributed by atoms with Gasteiger partial charge in [0, 0.05) is 28.3 Å². The first-order chi connectivity index (χ1) is 17.8. The van der Waals surface area contributed by atoms with E-state index < -0.39 is 6.61 Å². The van der Waals surface area contributed by atoms with Crippen molar-refractivity contribution in [3.63, 3.8) is 0 Å². The van der Waals surface area contributed by atoms with Crippen molar-refractivity contribution in [3.05, 3.63) is 101 Å². The Labute approximate surface area is 217 Å². The summed E-state index contributed by atoms with van der Waals surface area (Å²) in [6.45, 7) is 2.97. The smallest absolute Gasteiger partial charge is 0.387 e. The first-order valence-electron chi connectivity index (χ1n) is 11.8. The van der Waals surface area contributed by atoms with Crippen molar-refractivity contribution < 1.29 is 18.3 Å².